The molecule has 5 rings (SSSR count). The molecule has 3 heterocycles. The zero-order valence-corrected chi connectivity index (χ0v) is 20.8. The fraction of sp³-hybridized carbons (Fsp3) is 0.360. The van der Waals surface area contributed by atoms with Gasteiger partial charge in [0.05, 0.1) is 16.3 Å². The SMILES string of the molecule is Cc1cc(C)c2c(c1)c(C)cc1nnc(SC(C)C(=O)Nc3sc4c(c3C#N)CCCC4)n12. The van der Waals surface area contributed by atoms with Crippen molar-refractivity contribution in [3.8, 4) is 6.07 Å². The average Bonchev–Trinajstić information content (AvgIpc) is 3.33. The number of amides is 1. The van der Waals surface area contributed by atoms with Gasteiger partial charge in [0.2, 0.25) is 5.91 Å². The van der Waals surface area contributed by atoms with Crippen molar-refractivity contribution in [3.63, 3.8) is 0 Å². The summed E-state index contributed by atoms with van der Waals surface area (Å²) in [6, 6.07) is 8.70. The predicted octanol–water partition coefficient (Wildman–Crippen LogP) is 5.74. The van der Waals surface area contributed by atoms with Gasteiger partial charge in [0.1, 0.15) is 11.1 Å². The lowest BCUT2D eigenvalue weighted by Crippen LogP contribution is -2.22. The molecule has 6 nitrogen and oxygen atoms in total. The standard InChI is InChI=1S/C25H25N5OS2/c1-13-9-15(3)22-18(10-13)14(2)11-21-28-29-25(30(21)22)32-16(4)23(31)27-24-19(12-26)17-7-5-6-8-20(17)33-24/h9-11,16H,5-8H2,1-4H3,(H,27,31). The molecular weight excluding hydrogens is 450 g/mol. The van der Waals surface area contributed by atoms with Crippen LogP contribution >= 0.6 is 23.1 Å². The highest BCUT2D eigenvalue weighted by Crippen LogP contribution is 2.38. The van der Waals surface area contributed by atoms with E-state index in [0.717, 1.165) is 53.5 Å². The smallest absolute Gasteiger partial charge is 0.238 e. The van der Waals surface area contributed by atoms with Gasteiger partial charge in [-0.3, -0.25) is 9.20 Å². The number of pyridine rings is 1. The van der Waals surface area contributed by atoms with Crippen molar-refractivity contribution in [2.24, 2.45) is 0 Å². The molecule has 0 aliphatic heterocycles. The number of carbonyl (C=O) groups is 1. The minimum absolute atomic E-state index is 0.129. The van der Waals surface area contributed by atoms with Crippen LogP contribution in [0.4, 0.5) is 5.00 Å². The molecule has 1 amide bonds. The monoisotopic (exact) mass is 475 g/mol. The van der Waals surface area contributed by atoms with E-state index in [4.69, 9.17) is 0 Å². The molecule has 1 atom stereocenters. The third kappa shape index (κ3) is 3.79. The van der Waals surface area contributed by atoms with Crippen LogP contribution in [0.2, 0.25) is 0 Å². The van der Waals surface area contributed by atoms with Crippen LogP contribution in [0.25, 0.3) is 16.6 Å². The Morgan fingerprint density at radius 3 is 2.76 bits per heavy atom. The summed E-state index contributed by atoms with van der Waals surface area (Å²) in [4.78, 5) is 14.3. The summed E-state index contributed by atoms with van der Waals surface area (Å²) >= 11 is 2.94. The number of anilines is 1. The number of rotatable bonds is 4. The van der Waals surface area contributed by atoms with Crippen LogP contribution < -0.4 is 5.32 Å². The number of benzene rings is 1. The average molecular weight is 476 g/mol. The third-order valence-electron chi connectivity index (χ3n) is 6.27. The Morgan fingerprint density at radius 2 is 1.97 bits per heavy atom. The third-order valence-corrected chi connectivity index (χ3v) is 8.52. The second-order valence-electron chi connectivity index (χ2n) is 8.76. The fourth-order valence-electron chi connectivity index (χ4n) is 4.69. The van der Waals surface area contributed by atoms with Crippen LogP contribution in [0.1, 0.15) is 52.5 Å². The zero-order valence-electron chi connectivity index (χ0n) is 19.2. The molecule has 0 radical (unpaired) electrons. The van der Waals surface area contributed by atoms with E-state index in [1.54, 1.807) is 11.3 Å². The number of fused-ring (bicyclic) bond motifs is 4. The van der Waals surface area contributed by atoms with Crippen molar-refractivity contribution in [2.45, 2.75) is 63.8 Å². The van der Waals surface area contributed by atoms with E-state index in [1.807, 2.05) is 13.0 Å². The molecule has 1 aromatic carbocycles. The lowest BCUT2D eigenvalue weighted by atomic mass is 9.96. The lowest BCUT2D eigenvalue weighted by molar-refractivity contribution is -0.115. The maximum absolute atomic E-state index is 13.1. The summed E-state index contributed by atoms with van der Waals surface area (Å²) in [5.41, 5.74) is 7.14. The van der Waals surface area contributed by atoms with Gasteiger partial charge in [-0.2, -0.15) is 5.26 Å². The van der Waals surface area contributed by atoms with Gasteiger partial charge in [0.25, 0.3) is 0 Å². The molecule has 1 aliphatic rings. The van der Waals surface area contributed by atoms with Gasteiger partial charge in [-0.25, -0.2) is 0 Å². The maximum atomic E-state index is 13.1. The Balaban J connectivity index is 1.46. The van der Waals surface area contributed by atoms with Crippen LogP contribution in [0.15, 0.2) is 23.4 Å². The van der Waals surface area contributed by atoms with Crippen LogP contribution in [-0.4, -0.2) is 25.8 Å². The summed E-state index contributed by atoms with van der Waals surface area (Å²) < 4.78 is 2.05. The lowest BCUT2D eigenvalue weighted by Gasteiger charge is -2.13. The van der Waals surface area contributed by atoms with Gasteiger partial charge in [-0.05, 0) is 82.2 Å². The van der Waals surface area contributed by atoms with Crippen molar-refractivity contribution in [1.29, 1.82) is 5.26 Å². The fourth-order valence-corrected chi connectivity index (χ4v) is 6.79. The maximum Gasteiger partial charge on any atom is 0.238 e. The van der Waals surface area contributed by atoms with Gasteiger partial charge in [0.15, 0.2) is 10.8 Å². The minimum atomic E-state index is -0.398. The van der Waals surface area contributed by atoms with Crippen molar-refractivity contribution < 1.29 is 4.79 Å². The van der Waals surface area contributed by atoms with E-state index in [1.165, 1.54) is 27.6 Å². The van der Waals surface area contributed by atoms with Gasteiger partial charge in [0, 0.05) is 10.3 Å². The number of thioether (sulfide) groups is 1. The van der Waals surface area contributed by atoms with Gasteiger partial charge in [-0.1, -0.05) is 23.4 Å². The minimum Gasteiger partial charge on any atom is -0.316 e. The Labute approximate surface area is 201 Å². The highest BCUT2D eigenvalue weighted by atomic mass is 32.2. The molecular formula is C25H25N5OS2. The number of thiophene rings is 1. The Bertz CT molecular complexity index is 1460. The van der Waals surface area contributed by atoms with Crippen molar-refractivity contribution in [2.75, 3.05) is 5.32 Å². The molecule has 0 spiro atoms. The van der Waals surface area contributed by atoms with E-state index in [0.29, 0.717) is 15.7 Å². The molecule has 0 saturated heterocycles. The largest absolute Gasteiger partial charge is 0.316 e. The Kier molecular flexibility index (Phi) is 5.63. The van der Waals surface area contributed by atoms with Crippen molar-refractivity contribution >= 4 is 50.6 Å². The first-order chi connectivity index (χ1) is 15.9. The molecule has 168 valence electrons. The van der Waals surface area contributed by atoms with E-state index in [9.17, 15) is 10.1 Å². The molecule has 8 heteroatoms. The normalized spacial score (nSPS) is 14.3. The molecule has 33 heavy (non-hydrogen) atoms. The molecule has 3 aromatic heterocycles. The first-order valence-electron chi connectivity index (χ1n) is 11.1. The van der Waals surface area contributed by atoms with E-state index >= 15 is 0 Å². The molecule has 0 fully saturated rings. The zero-order chi connectivity index (χ0) is 23.3. The molecule has 1 aliphatic carbocycles. The molecule has 0 bridgehead atoms. The second kappa shape index (κ2) is 8.47. The van der Waals surface area contributed by atoms with Crippen molar-refractivity contribution in [1.82, 2.24) is 14.6 Å². The Hall–Kier alpha value is -2.89. The van der Waals surface area contributed by atoms with Crippen LogP contribution in [-0.2, 0) is 17.6 Å². The number of hydrogen-bond donors (Lipinski definition) is 1. The Morgan fingerprint density at radius 1 is 1.18 bits per heavy atom. The number of hydrogen-bond acceptors (Lipinski definition) is 6. The summed E-state index contributed by atoms with van der Waals surface area (Å²) in [6.45, 7) is 8.16. The summed E-state index contributed by atoms with van der Waals surface area (Å²) in [5, 5.41) is 23.6. The number of carbonyl (C=O) groups excluding carboxylic acids is 1. The molecule has 1 unspecified atom stereocenters. The van der Waals surface area contributed by atoms with Crippen LogP contribution in [0.5, 0.6) is 0 Å². The van der Waals surface area contributed by atoms with Gasteiger partial charge >= 0.3 is 0 Å². The summed E-state index contributed by atoms with van der Waals surface area (Å²) in [7, 11) is 0. The highest BCUT2D eigenvalue weighted by Gasteiger charge is 2.25. The first-order valence-corrected chi connectivity index (χ1v) is 12.8. The topological polar surface area (TPSA) is 83.1 Å². The predicted molar refractivity (Wildman–Crippen MR) is 134 cm³/mol. The first kappa shape index (κ1) is 21.9. The van der Waals surface area contributed by atoms with Gasteiger partial charge < -0.3 is 5.32 Å². The number of nitriles is 1. The highest BCUT2D eigenvalue weighted by molar-refractivity contribution is 8.00. The summed E-state index contributed by atoms with van der Waals surface area (Å²) in [6.07, 6.45) is 4.16. The van der Waals surface area contributed by atoms with E-state index < -0.39 is 5.25 Å². The molecule has 1 N–H and O–H groups in total. The van der Waals surface area contributed by atoms with Crippen LogP contribution in [0, 0.1) is 32.1 Å². The number of aromatic nitrogens is 3. The summed E-state index contributed by atoms with van der Waals surface area (Å²) in [5.74, 6) is -0.129. The van der Waals surface area contributed by atoms with Crippen LogP contribution in [0.3, 0.4) is 0 Å². The molecule has 4 aromatic rings. The van der Waals surface area contributed by atoms with E-state index in [-0.39, 0.29) is 5.91 Å². The number of nitrogens with zero attached hydrogens (tertiary/aromatic N) is 4. The van der Waals surface area contributed by atoms with Gasteiger partial charge in [-0.15, -0.1) is 21.5 Å². The van der Waals surface area contributed by atoms with Crippen molar-refractivity contribution in [3.05, 3.63) is 50.9 Å². The number of nitrogens with one attached hydrogen (secondary N) is 1. The number of aryl methyl sites for hydroxylation is 4. The molecule has 0 saturated carbocycles. The van der Waals surface area contributed by atoms with E-state index in [2.05, 4.69) is 58.9 Å². The second-order valence-corrected chi connectivity index (χ2v) is 11.2. The quantitative estimate of drug-likeness (QED) is 0.381.